The van der Waals surface area contributed by atoms with Gasteiger partial charge in [-0.2, -0.15) is 4.31 Å². The van der Waals surface area contributed by atoms with Crippen molar-refractivity contribution in [1.29, 1.82) is 0 Å². The monoisotopic (exact) mass is 258 g/mol. The van der Waals surface area contributed by atoms with Crippen LogP contribution in [0.5, 0.6) is 0 Å². The largest absolute Gasteiger partial charge is 0.383 e. The Labute approximate surface area is 99.7 Å². The van der Waals surface area contributed by atoms with E-state index in [2.05, 4.69) is 10.3 Å². The Balaban J connectivity index is 3.04. The number of hydrogen-bond acceptors (Lipinski definition) is 5. The van der Waals surface area contributed by atoms with Crippen molar-refractivity contribution < 1.29 is 13.2 Å². The standard InChI is InChI=1S/C9H14N4O3S/c1-11-8(14)6-13(2)17(15,16)7-4-3-5-12-9(7)10/h3-5H,6H2,1-2H3,(H2,10,12)(H,11,14). The highest BCUT2D eigenvalue weighted by molar-refractivity contribution is 7.89. The zero-order chi connectivity index (χ0) is 13.1. The van der Waals surface area contributed by atoms with Crippen LogP contribution < -0.4 is 11.1 Å². The van der Waals surface area contributed by atoms with Gasteiger partial charge in [-0.15, -0.1) is 0 Å². The minimum absolute atomic E-state index is 0.0868. The summed E-state index contributed by atoms with van der Waals surface area (Å²) in [6.07, 6.45) is 1.40. The Hall–Kier alpha value is -1.67. The van der Waals surface area contributed by atoms with E-state index in [1.54, 1.807) is 0 Å². The molecule has 1 aromatic heterocycles. The molecule has 1 rings (SSSR count). The zero-order valence-corrected chi connectivity index (χ0v) is 10.4. The summed E-state index contributed by atoms with van der Waals surface area (Å²) in [6, 6.07) is 2.81. The molecule has 0 bridgehead atoms. The minimum Gasteiger partial charge on any atom is -0.383 e. The molecule has 0 saturated carbocycles. The second kappa shape index (κ2) is 5.11. The number of carbonyl (C=O) groups excluding carboxylic acids is 1. The van der Waals surface area contributed by atoms with Crippen LogP contribution >= 0.6 is 0 Å². The van der Waals surface area contributed by atoms with Crippen LogP contribution in [0, 0.1) is 0 Å². The van der Waals surface area contributed by atoms with E-state index >= 15 is 0 Å². The summed E-state index contributed by atoms with van der Waals surface area (Å²) in [5.41, 5.74) is 5.49. The molecule has 7 nitrogen and oxygen atoms in total. The molecule has 3 N–H and O–H groups in total. The average molecular weight is 258 g/mol. The van der Waals surface area contributed by atoms with Crippen LogP contribution in [0.15, 0.2) is 23.2 Å². The number of hydrogen-bond donors (Lipinski definition) is 2. The van der Waals surface area contributed by atoms with Crippen molar-refractivity contribution in [2.24, 2.45) is 0 Å². The first kappa shape index (κ1) is 13.4. The molecule has 1 aromatic rings. The molecule has 0 spiro atoms. The third-order valence-corrected chi connectivity index (χ3v) is 3.98. The van der Waals surface area contributed by atoms with Crippen LogP contribution in [0.4, 0.5) is 5.82 Å². The molecule has 1 amide bonds. The third kappa shape index (κ3) is 2.92. The van der Waals surface area contributed by atoms with E-state index in [0.717, 1.165) is 4.31 Å². The molecule has 0 saturated heterocycles. The number of carbonyl (C=O) groups is 1. The van der Waals surface area contributed by atoms with Crippen LogP contribution in [-0.4, -0.2) is 44.3 Å². The normalized spacial score (nSPS) is 11.5. The lowest BCUT2D eigenvalue weighted by Crippen LogP contribution is -2.37. The SMILES string of the molecule is CNC(=O)CN(C)S(=O)(=O)c1cccnc1N. The molecule has 0 aliphatic carbocycles. The van der Waals surface area contributed by atoms with Crippen molar-refractivity contribution in [1.82, 2.24) is 14.6 Å². The number of sulfonamides is 1. The molecule has 0 radical (unpaired) electrons. The minimum atomic E-state index is -3.79. The van der Waals surface area contributed by atoms with Gasteiger partial charge in [0.1, 0.15) is 10.7 Å². The predicted octanol–water partition coefficient (Wildman–Crippen LogP) is -0.970. The fraction of sp³-hybridized carbons (Fsp3) is 0.333. The van der Waals surface area contributed by atoms with Gasteiger partial charge in [-0.05, 0) is 12.1 Å². The van der Waals surface area contributed by atoms with Gasteiger partial charge in [0, 0.05) is 20.3 Å². The van der Waals surface area contributed by atoms with Crippen molar-refractivity contribution in [3.63, 3.8) is 0 Å². The zero-order valence-electron chi connectivity index (χ0n) is 9.54. The molecule has 0 aromatic carbocycles. The van der Waals surface area contributed by atoms with Gasteiger partial charge in [-0.25, -0.2) is 13.4 Å². The molecule has 0 fully saturated rings. The number of amides is 1. The summed E-state index contributed by atoms with van der Waals surface area (Å²) >= 11 is 0. The summed E-state index contributed by atoms with van der Waals surface area (Å²) in [5.74, 6) is -0.491. The van der Waals surface area contributed by atoms with Gasteiger partial charge in [0.2, 0.25) is 15.9 Å². The number of pyridine rings is 1. The topological polar surface area (TPSA) is 105 Å². The lowest BCUT2D eigenvalue weighted by atomic mass is 10.5. The number of rotatable bonds is 4. The van der Waals surface area contributed by atoms with Crippen molar-refractivity contribution in [2.45, 2.75) is 4.90 Å². The summed E-state index contributed by atoms with van der Waals surface area (Å²) < 4.78 is 25.0. The first-order chi connectivity index (χ1) is 7.89. The van der Waals surface area contributed by atoms with E-state index in [4.69, 9.17) is 5.73 Å². The van der Waals surface area contributed by atoms with Crippen molar-refractivity contribution in [3.05, 3.63) is 18.3 Å². The van der Waals surface area contributed by atoms with Gasteiger partial charge in [-0.1, -0.05) is 0 Å². The highest BCUT2D eigenvalue weighted by atomic mass is 32.2. The van der Waals surface area contributed by atoms with Gasteiger partial charge in [0.15, 0.2) is 0 Å². The Morgan fingerprint density at radius 1 is 1.59 bits per heavy atom. The van der Waals surface area contributed by atoms with Gasteiger partial charge < -0.3 is 11.1 Å². The number of nitrogen functional groups attached to an aromatic ring is 1. The van der Waals surface area contributed by atoms with Crippen LogP contribution in [0.3, 0.4) is 0 Å². The Morgan fingerprint density at radius 2 is 2.24 bits per heavy atom. The predicted molar refractivity (Wildman–Crippen MR) is 62.5 cm³/mol. The summed E-state index contributed by atoms with van der Waals surface area (Å²) in [4.78, 5) is 14.7. The van der Waals surface area contributed by atoms with Crippen molar-refractivity contribution >= 4 is 21.7 Å². The van der Waals surface area contributed by atoms with Crippen LogP contribution in [0.1, 0.15) is 0 Å². The molecule has 0 atom stereocenters. The second-order valence-corrected chi connectivity index (χ2v) is 5.33. The maximum atomic E-state index is 12.0. The quantitative estimate of drug-likeness (QED) is 0.723. The molecule has 94 valence electrons. The number of anilines is 1. The van der Waals surface area contributed by atoms with E-state index < -0.39 is 15.9 Å². The highest BCUT2D eigenvalue weighted by Gasteiger charge is 2.24. The van der Waals surface area contributed by atoms with E-state index in [1.807, 2.05) is 0 Å². The van der Waals surface area contributed by atoms with Crippen molar-refractivity contribution in [2.75, 3.05) is 26.4 Å². The number of nitrogens with two attached hydrogens (primary N) is 1. The highest BCUT2D eigenvalue weighted by Crippen LogP contribution is 2.18. The Kier molecular flexibility index (Phi) is 4.02. The summed E-state index contributed by atoms with van der Waals surface area (Å²) in [5, 5.41) is 2.34. The lowest BCUT2D eigenvalue weighted by Gasteiger charge is -2.16. The van der Waals surface area contributed by atoms with Crippen LogP contribution in [0.2, 0.25) is 0 Å². The number of nitrogens with zero attached hydrogens (tertiary/aromatic N) is 2. The Morgan fingerprint density at radius 3 is 2.76 bits per heavy atom. The van der Waals surface area contributed by atoms with Gasteiger partial charge in [0.05, 0.1) is 6.54 Å². The first-order valence-electron chi connectivity index (χ1n) is 4.77. The summed E-state index contributed by atoms with van der Waals surface area (Å²) in [7, 11) is -1.06. The van der Waals surface area contributed by atoms with E-state index in [1.165, 1.54) is 32.4 Å². The lowest BCUT2D eigenvalue weighted by molar-refractivity contribution is -0.120. The van der Waals surface area contributed by atoms with Crippen LogP contribution in [0.25, 0.3) is 0 Å². The van der Waals surface area contributed by atoms with Gasteiger partial charge in [-0.3, -0.25) is 4.79 Å². The molecule has 0 aliphatic rings. The van der Waals surface area contributed by atoms with Gasteiger partial charge >= 0.3 is 0 Å². The summed E-state index contributed by atoms with van der Waals surface area (Å²) in [6.45, 7) is -0.271. The number of likely N-dealkylation sites (N-methyl/N-ethyl adjacent to an activating group) is 2. The molecule has 0 aliphatic heterocycles. The third-order valence-electron chi connectivity index (χ3n) is 2.13. The van der Waals surface area contributed by atoms with Crippen molar-refractivity contribution in [3.8, 4) is 0 Å². The average Bonchev–Trinajstić information content (AvgIpc) is 2.29. The van der Waals surface area contributed by atoms with Gasteiger partial charge in [0.25, 0.3) is 0 Å². The molecule has 0 unspecified atom stereocenters. The molecular weight excluding hydrogens is 244 g/mol. The maximum Gasteiger partial charge on any atom is 0.246 e. The fourth-order valence-electron chi connectivity index (χ4n) is 1.16. The molecular formula is C9H14N4O3S. The molecule has 17 heavy (non-hydrogen) atoms. The fourth-order valence-corrected chi connectivity index (χ4v) is 2.35. The smallest absolute Gasteiger partial charge is 0.246 e. The number of nitrogens with one attached hydrogen (secondary N) is 1. The van der Waals surface area contributed by atoms with E-state index in [-0.39, 0.29) is 17.3 Å². The van der Waals surface area contributed by atoms with Crippen LogP contribution in [-0.2, 0) is 14.8 Å². The molecule has 1 heterocycles. The number of aromatic nitrogens is 1. The van der Waals surface area contributed by atoms with E-state index in [9.17, 15) is 13.2 Å². The first-order valence-corrected chi connectivity index (χ1v) is 6.21. The second-order valence-electron chi connectivity index (χ2n) is 3.32. The maximum absolute atomic E-state index is 12.0. The Bertz CT molecular complexity index is 515. The molecule has 8 heteroatoms. The van der Waals surface area contributed by atoms with E-state index in [0.29, 0.717) is 0 Å².